The average Bonchev–Trinajstić information content (AvgIpc) is 2.28. The normalized spacial score (nSPS) is 9.94. The first kappa shape index (κ1) is 13.0. The average molecular weight is 288 g/mol. The molecular weight excluding hydrogens is 274 g/mol. The summed E-state index contributed by atoms with van der Waals surface area (Å²) in [5.74, 6) is 0.625. The van der Waals surface area contributed by atoms with Crippen LogP contribution in [0.15, 0.2) is 28.7 Å². The number of carbonyl (C=O) groups excluding carboxylic acids is 1. The molecule has 16 heavy (non-hydrogen) atoms. The van der Waals surface area contributed by atoms with E-state index in [0.29, 0.717) is 6.61 Å². The number of ether oxygens (including phenoxy) is 1. The highest BCUT2D eigenvalue weighted by atomic mass is 79.9. The van der Waals surface area contributed by atoms with Crippen molar-refractivity contribution < 1.29 is 14.4 Å². The van der Waals surface area contributed by atoms with Crippen molar-refractivity contribution >= 4 is 21.8 Å². The Bertz CT molecular complexity index is 357. The van der Waals surface area contributed by atoms with E-state index < -0.39 is 0 Å². The number of nitrogens with zero attached hydrogens (tertiary/aromatic N) is 1. The van der Waals surface area contributed by atoms with Crippen molar-refractivity contribution in [1.29, 1.82) is 0 Å². The maximum atomic E-state index is 11.3. The maximum Gasteiger partial charge on any atom is 0.249 e. The molecule has 1 aromatic rings. The number of benzene rings is 1. The molecule has 0 bridgehead atoms. The third-order valence-electron chi connectivity index (χ3n) is 2.01. The second-order valence-corrected chi connectivity index (χ2v) is 4.05. The Kier molecular flexibility index (Phi) is 5.28. The molecule has 0 aromatic heterocycles. The van der Waals surface area contributed by atoms with Gasteiger partial charge in [-0.3, -0.25) is 9.63 Å². The summed E-state index contributed by atoms with van der Waals surface area (Å²) in [6, 6.07) is 7.49. The molecule has 0 aliphatic heterocycles. The van der Waals surface area contributed by atoms with Crippen LogP contribution >= 0.6 is 15.9 Å². The summed E-state index contributed by atoms with van der Waals surface area (Å²) < 4.78 is 6.37. The zero-order chi connectivity index (χ0) is 12.0. The molecule has 0 atom stereocenters. The Balaban J connectivity index is 2.33. The van der Waals surface area contributed by atoms with Gasteiger partial charge in [-0.05, 0) is 18.2 Å². The summed E-state index contributed by atoms with van der Waals surface area (Å²) >= 11 is 3.34. The maximum absolute atomic E-state index is 11.3. The molecule has 0 spiro atoms. The van der Waals surface area contributed by atoms with Gasteiger partial charge < -0.3 is 4.74 Å². The lowest BCUT2D eigenvalue weighted by Crippen LogP contribution is -2.26. The van der Waals surface area contributed by atoms with Crippen molar-refractivity contribution in [3.8, 4) is 5.75 Å². The van der Waals surface area contributed by atoms with E-state index in [9.17, 15) is 4.79 Å². The fourth-order valence-electron chi connectivity index (χ4n) is 1.07. The highest BCUT2D eigenvalue weighted by molar-refractivity contribution is 9.10. The Morgan fingerprint density at radius 1 is 1.50 bits per heavy atom. The highest BCUT2D eigenvalue weighted by Gasteiger charge is 2.07. The van der Waals surface area contributed by atoms with Gasteiger partial charge in [-0.1, -0.05) is 22.0 Å². The summed E-state index contributed by atoms with van der Waals surface area (Å²) in [5, 5.41) is 1.18. The van der Waals surface area contributed by atoms with Gasteiger partial charge in [0.2, 0.25) is 5.91 Å². The first-order valence-corrected chi connectivity index (χ1v) is 5.62. The molecule has 0 aliphatic carbocycles. The summed E-state index contributed by atoms with van der Waals surface area (Å²) in [6.07, 6.45) is 0.289. The molecule has 0 unspecified atom stereocenters. The van der Waals surface area contributed by atoms with Gasteiger partial charge >= 0.3 is 0 Å². The minimum absolute atomic E-state index is 0.113. The Labute approximate surface area is 103 Å². The first-order chi connectivity index (χ1) is 7.63. The molecule has 1 amide bonds. The molecule has 0 aliphatic rings. The van der Waals surface area contributed by atoms with Crippen molar-refractivity contribution in [2.75, 3.05) is 20.8 Å². The van der Waals surface area contributed by atoms with Crippen molar-refractivity contribution in [2.24, 2.45) is 0 Å². The number of carbonyl (C=O) groups is 1. The van der Waals surface area contributed by atoms with Gasteiger partial charge in [0, 0.05) is 11.5 Å². The van der Waals surface area contributed by atoms with E-state index in [0.717, 1.165) is 10.2 Å². The van der Waals surface area contributed by atoms with Crippen LogP contribution in [0.25, 0.3) is 0 Å². The van der Waals surface area contributed by atoms with Gasteiger partial charge in [-0.2, -0.15) is 0 Å². The molecule has 1 rings (SSSR count). The minimum atomic E-state index is -0.113. The van der Waals surface area contributed by atoms with Gasteiger partial charge in [0.15, 0.2) is 0 Å². The molecule has 0 saturated carbocycles. The van der Waals surface area contributed by atoms with E-state index in [-0.39, 0.29) is 12.3 Å². The van der Waals surface area contributed by atoms with Gasteiger partial charge in [0.05, 0.1) is 20.1 Å². The SMILES string of the molecule is CON(C)C(=O)CCOc1cccc(Br)c1. The van der Waals surface area contributed by atoms with Crippen LogP contribution in [-0.2, 0) is 9.63 Å². The summed E-state index contributed by atoms with van der Waals surface area (Å²) in [7, 11) is 3.02. The lowest BCUT2D eigenvalue weighted by molar-refractivity contribution is -0.169. The molecule has 0 saturated heterocycles. The molecule has 4 nitrogen and oxygen atoms in total. The standard InChI is InChI=1S/C11H14BrNO3/c1-13(15-2)11(14)6-7-16-10-5-3-4-9(12)8-10/h3-5,8H,6-7H2,1-2H3. The van der Waals surface area contributed by atoms with Gasteiger partial charge in [0.25, 0.3) is 0 Å². The van der Waals surface area contributed by atoms with Gasteiger partial charge in [0.1, 0.15) is 5.75 Å². The topological polar surface area (TPSA) is 38.8 Å². The van der Waals surface area contributed by atoms with E-state index in [2.05, 4.69) is 15.9 Å². The lowest BCUT2D eigenvalue weighted by atomic mass is 10.3. The number of hydrogen-bond acceptors (Lipinski definition) is 3. The predicted octanol–water partition coefficient (Wildman–Crippen LogP) is 2.24. The zero-order valence-electron chi connectivity index (χ0n) is 9.27. The number of halogens is 1. The first-order valence-electron chi connectivity index (χ1n) is 4.82. The van der Waals surface area contributed by atoms with Gasteiger partial charge in [-0.25, -0.2) is 5.06 Å². The van der Waals surface area contributed by atoms with E-state index >= 15 is 0 Å². The van der Waals surface area contributed by atoms with Crippen LogP contribution in [0.2, 0.25) is 0 Å². The van der Waals surface area contributed by atoms with Crippen LogP contribution in [0, 0.1) is 0 Å². The Morgan fingerprint density at radius 2 is 2.25 bits per heavy atom. The summed E-state index contributed by atoms with van der Waals surface area (Å²) in [5.41, 5.74) is 0. The fourth-order valence-corrected chi connectivity index (χ4v) is 1.45. The molecule has 5 heteroatoms. The predicted molar refractivity (Wildman–Crippen MR) is 64.0 cm³/mol. The molecule has 88 valence electrons. The van der Waals surface area contributed by atoms with Crippen molar-refractivity contribution in [1.82, 2.24) is 5.06 Å². The second kappa shape index (κ2) is 6.50. The number of amides is 1. The third kappa shape index (κ3) is 4.20. The van der Waals surface area contributed by atoms with E-state index in [4.69, 9.17) is 9.57 Å². The molecule has 0 radical (unpaired) electrons. The smallest absolute Gasteiger partial charge is 0.249 e. The van der Waals surface area contributed by atoms with Crippen LogP contribution in [0.5, 0.6) is 5.75 Å². The largest absolute Gasteiger partial charge is 0.493 e. The van der Waals surface area contributed by atoms with Crippen LogP contribution in [0.1, 0.15) is 6.42 Å². The Morgan fingerprint density at radius 3 is 2.88 bits per heavy atom. The van der Waals surface area contributed by atoms with E-state index in [1.165, 1.54) is 12.2 Å². The Hall–Kier alpha value is -1.07. The monoisotopic (exact) mass is 287 g/mol. The second-order valence-electron chi connectivity index (χ2n) is 3.13. The van der Waals surface area contributed by atoms with E-state index in [1.54, 1.807) is 7.05 Å². The number of hydrogen-bond donors (Lipinski definition) is 0. The van der Waals surface area contributed by atoms with Crippen molar-refractivity contribution in [3.05, 3.63) is 28.7 Å². The fraction of sp³-hybridized carbons (Fsp3) is 0.364. The van der Waals surface area contributed by atoms with Crippen LogP contribution < -0.4 is 4.74 Å². The molecule has 0 fully saturated rings. The van der Waals surface area contributed by atoms with Crippen LogP contribution in [0.3, 0.4) is 0 Å². The minimum Gasteiger partial charge on any atom is -0.493 e. The molecular formula is C11H14BrNO3. The van der Waals surface area contributed by atoms with Gasteiger partial charge in [-0.15, -0.1) is 0 Å². The molecule has 1 aromatic carbocycles. The molecule has 0 N–H and O–H groups in total. The van der Waals surface area contributed by atoms with E-state index in [1.807, 2.05) is 24.3 Å². The quantitative estimate of drug-likeness (QED) is 0.780. The zero-order valence-corrected chi connectivity index (χ0v) is 10.9. The number of rotatable bonds is 5. The van der Waals surface area contributed by atoms with Crippen molar-refractivity contribution in [2.45, 2.75) is 6.42 Å². The highest BCUT2D eigenvalue weighted by Crippen LogP contribution is 2.17. The van der Waals surface area contributed by atoms with Crippen molar-refractivity contribution in [3.63, 3.8) is 0 Å². The summed E-state index contributed by atoms with van der Waals surface area (Å²) in [4.78, 5) is 16.1. The number of hydroxylamine groups is 2. The lowest BCUT2D eigenvalue weighted by Gasteiger charge is -2.13. The van der Waals surface area contributed by atoms with Crippen LogP contribution in [-0.4, -0.2) is 31.7 Å². The third-order valence-corrected chi connectivity index (χ3v) is 2.50. The molecule has 0 heterocycles. The van der Waals surface area contributed by atoms with Crippen LogP contribution in [0.4, 0.5) is 0 Å². The summed E-state index contributed by atoms with van der Waals surface area (Å²) in [6.45, 7) is 0.336.